The molecule has 0 unspecified atom stereocenters. The number of rotatable bonds is 2. The summed E-state index contributed by atoms with van der Waals surface area (Å²) in [6.07, 6.45) is 2.60. The maximum absolute atomic E-state index is 11.6. The minimum atomic E-state index is 0.139. The van der Waals surface area contributed by atoms with Gasteiger partial charge < -0.3 is 0 Å². The van der Waals surface area contributed by atoms with Gasteiger partial charge in [0, 0.05) is 31.5 Å². The zero-order valence-electron chi connectivity index (χ0n) is 10.9. The largest absolute Gasteiger partial charge is 0.300 e. The van der Waals surface area contributed by atoms with Crippen LogP contribution in [0.15, 0.2) is 0 Å². The molecule has 1 fully saturated rings. The fourth-order valence-corrected chi connectivity index (χ4v) is 2.27. The molecular weight excluding hydrogens is 186 g/mol. The van der Waals surface area contributed by atoms with E-state index in [0.29, 0.717) is 5.78 Å². The molecule has 0 spiro atoms. The van der Waals surface area contributed by atoms with Crippen molar-refractivity contribution in [3.63, 3.8) is 0 Å². The SMILES string of the molecule is CCC(C)(C)N1CCC(=O)CC(C)(C)C1. The molecule has 0 atom stereocenters. The fourth-order valence-electron chi connectivity index (χ4n) is 2.27. The van der Waals surface area contributed by atoms with Crippen molar-refractivity contribution in [2.24, 2.45) is 5.41 Å². The van der Waals surface area contributed by atoms with Gasteiger partial charge in [-0.1, -0.05) is 20.8 Å². The second kappa shape index (κ2) is 4.25. The summed E-state index contributed by atoms with van der Waals surface area (Å²) in [6.45, 7) is 13.2. The third-order valence-electron chi connectivity index (χ3n) is 3.68. The Hall–Kier alpha value is -0.370. The topological polar surface area (TPSA) is 20.3 Å². The van der Waals surface area contributed by atoms with Crippen LogP contribution in [0, 0.1) is 5.41 Å². The highest BCUT2D eigenvalue weighted by atomic mass is 16.1. The van der Waals surface area contributed by atoms with E-state index in [1.165, 1.54) is 0 Å². The minimum absolute atomic E-state index is 0.139. The van der Waals surface area contributed by atoms with Gasteiger partial charge in [-0.05, 0) is 25.7 Å². The van der Waals surface area contributed by atoms with Gasteiger partial charge in [-0.2, -0.15) is 0 Å². The smallest absolute Gasteiger partial charge is 0.134 e. The molecule has 0 radical (unpaired) electrons. The predicted octanol–water partition coefficient (Wildman–Crippen LogP) is 2.87. The number of nitrogens with zero attached hydrogens (tertiary/aromatic N) is 1. The van der Waals surface area contributed by atoms with Gasteiger partial charge in [0.2, 0.25) is 0 Å². The molecule has 0 bridgehead atoms. The molecule has 0 aromatic rings. The molecule has 1 saturated heterocycles. The Morgan fingerprint density at radius 3 is 2.53 bits per heavy atom. The average Bonchev–Trinajstić information content (AvgIpc) is 2.23. The number of hydrogen-bond donors (Lipinski definition) is 0. The Morgan fingerprint density at radius 1 is 1.40 bits per heavy atom. The number of likely N-dealkylation sites (tertiary alicyclic amines) is 1. The maximum Gasteiger partial charge on any atom is 0.134 e. The zero-order chi connectivity index (χ0) is 11.7. The summed E-state index contributed by atoms with van der Waals surface area (Å²) in [5, 5.41) is 0. The van der Waals surface area contributed by atoms with Crippen LogP contribution in [-0.4, -0.2) is 29.3 Å². The molecule has 2 heteroatoms. The van der Waals surface area contributed by atoms with Crippen LogP contribution in [0.1, 0.15) is 53.9 Å². The molecule has 0 N–H and O–H groups in total. The van der Waals surface area contributed by atoms with Gasteiger partial charge in [0.05, 0.1) is 0 Å². The Kier molecular flexibility index (Phi) is 3.59. The van der Waals surface area contributed by atoms with Crippen LogP contribution in [0.3, 0.4) is 0 Å². The number of hydrogen-bond acceptors (Lipinski definition) is 2. The summed E-state index contributed by atoms with van der Waals surface area (Å²) in [5.41, 5.74) is 0.363. The maximum atomic E-state index is 11.6. The van der Waals surface area contributed by atoms with Crippen molar-refractivity contribution >= 4 is 5.78 Å². The minimum Gasteiger partial charge on any atom is -0.300 e. The first-order valence-corrected chi connectivity index (χ1v) is 6.04. The van der Waals surface area contributed by atoms with Crippen molar-refractivity contribution in [3.05, 3.63) is 0 Å². The lowest BCUT2D eigenvalue weighted by Gasteiger charge is -2.40. The van der Waals surface area contributed by atoms with Gasteiger partial charge >= 0.3 is 0 Å². The lowest BCUT2D eigenvalue weighted by molar-refractivity contribution is -0.120. The van der Waals surface area contributed by atoms with Crippen molar-refractivity contribution in [2.45, 2.75) is 59.4 Å². The highest BCUT2D eigenvalue weighted by Gasteiger charge is 2.34. The first-order chi connectivity index (χ1) is 6.77. The molecular formula is C13H25NO. The first-order valence-electron chi connectivity index (χ1n) is 6.04. The molecule has 0 aliphatic carbocycles. The summed E-state index contributed by atoms with van der Waals surface area (Å²) in [7, 11) is 0. The van der Waals surface area contributed by atoms with Crippen molar-refractivity contribution < 1.29 is 4.79 Å². The van der Waals surface area contributed by atoms with Gasteiger partial charge in [-0.3, -0.25) is 9.69 Å². The highest BCUT2D eigenvalue weighted by molar-refractivity contribution is 5.79. The van der Waals surface area contributed by atoms with E-state index in [0.717, 1.165) is 32.4 Å². The summed E-state index contributed by atoms with van der Waals surface area (Å²) in [4.78, 5) is 14.1. The van der Waals surface area contributed by atoms with E-state index in [2.05, 4.69) is 39.5 Å². The van der Waals surface area contributed by atoms with Crippen LogP contribution < -0.4 is 0 Å². The quantitative estimate of drug-likeness (QED) is 0.700. The van der Waals surface area contributed by atoms with Crippen LogP contribution in [0.5, 0.6) is 0 Å². The molecule has 0 saturated carbocycles. The lowest BCUT2D eigenvalue weighted by Crippen LogP contribution is -2.47. The highest BCUT2D eigenvalue weighted by Crippen LogP contribution is 2.31. The third kappa shape index (κ3) is 3.30. The van der Waals surface area contributed by atoms with Crippen molar-refractivity contribution in [2.75, 3.05) is 13.1 Å². The Morgan fingerprint density at radius 2 is 2.00 bits per heavy atom. The van der Waals surface area contributed by atoms with E-state index in [1.54, 1.807) is 0 Å². The standard InChI is InChI=1S/C13H25NO/c1-6-13(4,5)14-8-7-11(15)9-12(2,3)10-14/h6-10H2,1-5H3. The molecule has 1 aliphatic rings. The lowest BCUT2D eigenvalue weighted by atomic mass is 9.86. The monoisotopic (exact) mass is 211 g/mol. The van der Waals surface area contributed by atoms with Crippen LogP contribution in [0.4, 0.5) is 0 Å². The van der Waals surface area contributed by atoms with Gasteiger partial charge in [-0.15, -0.1) is 0 Å². The van der Waals surface area contributed by atoms with E-state index in [-0.39, 0.29) is 11.0 Å². The second-order valence-corrected chi connectivity index (χ2v) is 6.22. The number of carbonyl (C=O) groups excluding carboxylic acids is 1. The molecule has 2 nitrogen and oxygen atoms in total. The second-order valence-electron chi connectivity index (χ2n) is 6.22. The molecule has 0 amide bonds. The van der Waals surface area contributed by atoms with E-state index in [1.807, 2.05) is 0 Å². The zero-order valence-corrected chi connectivity index (χ0v) is 10.9. The van der Waals surface area contributed by atoms with Crippen LogP contribution in [-0.2, 0) is 4.79 Å². The third-order valence-corrected chi connectivity index (χ3v) is 3.68. The van der Waals surface area contributed by atoms with E-state index in [9.17, 15) is 4.79 Å². The van der Waals surface area contributed by atoms with Crippen LogP contribution >= 0.6 is 0 Å². The van der Waals surface area contributed by atoms with Gasteiger partial charge in [-0.25, -0.2) is 0 Å². The number of carbonyl (C=O) groups is 1. The summed E-state index contributed by atoms with van der Waals surface area (Å²) in [6, 6.07) is 0. The molecule has 1 aliphatic heterocycles. The number of Topliss-reactive ketones (excluding diaryl/α,β-unsaturated/α-hetero) is 1. The van der Waals surface area contributed by atoms with Gasteiger partial charge in [0.15, 0.2) is 0 Å². The fraction of sp³-hybridized carbons (Fsp3) is 0.923. The van der Waals surface area contributed by atoms with Crippen molar-refractivity contribution in [1.82, 2.24) is 4.90 Å². The predicted molar refractivity (Wildman–Crippen MR) is 64.0 cm³/mol. The molecule has 15 heavy (non-hydrogen) atoms. The molecule has 0 aromatic heterocycles. The van der Waals surface area contributed by atoms with Gasteiger partial charge in [0.1, 0.15) is 5.78 Å². The Bertz CT molecular complexity index is 243. The Balaban J connectivity index is 2.80. The molecule has 1 rings (SSSR count). The van der Waals surface area contributed by atoms with Crippen LogP contribution in [0.2, 0.25) is 0 Å². The van der Waals surface area contributed by atoms with Crippen molar-refractivity contribution in [1.29, 1.82) is 0 Å². The van der Waals surface area contributed by atoms with Gasteiger partial charge in [0.25, 0.3) is 0 Å². The molecule has 0 aromatic carbocycles. The number of ketones is 1. The summed E-state index contributed by atoms with van der Waals surface area (Å²) in [5.74, 6) is 0.425. The average molecular weight is 211 g/mol. The van der Waals surface area contributed by atoms with Crippen LogP contribution in [0.25, 0.3) is 0 Å². The van der Waals surface area contributed by atoms with E-state index >= 15 is 0 Å². The summed E-state index contributed by atoms with van der Waals surface area (Å²) >= 11 is 0. The van der Waals surface area contributed by atoms with Crippen molar-refractivity contribution in [3.8, 4) is 0 Å². The van der Waals surface area contributed by atoms with E-state index in [4.69, 9.17) is 0 Å². The Labute approximate surface area is 94.0 Å². The van der Waals surface area contributed by atoms with E-state index < -0.39 is 0 Å². The molecule has 1 heterocycles. The normalized spacial score (nSPS) is 23.9. The molecule has 88 valence electrons. The first kappa shape index (κ1) is 12.7. The summed E-state index contributed by atoms with van der Waals surface area (Å²) < 4.78 is 0.